The number of ether oxygens (including phenoxy) is 1. The largest absolute Gasteiger partial charge is 0.364 e. The number of benzene rings is 1. The summed E-state index contributed by atoms with van der Waals surface area (Å²) in [5.74, 6) is -0.0800. The van der Waals surface area contributed by atoms with Gasteiger partial charge in [0, 0.05) is 13.1 Å². The van der Waals surface area contributed by atoms with Crippen molar-refractivity contribution in [1.29, 1.82) is 0 Å². The van der Waals surface area contributed by atoms with Crippen molar-refractivity contribution < 1.29 is 9.53 Å². The highest BCUT2D eigenvalue weighted by Crippen LogP contribution is 2.31. The zero-order valence-electron chi connectivity index (χ0n) is 11.2. The molecule has 0 aliphatic heterocycles. The smallest absolute Gasteiger partial charge is 0.246 e. The Morgan fingerprint density at radius 2 is 1.95 bits per heavy atom. The minimum atomic E-state index is -0.260. The van der Waals surface area contributed by atoms with Crippen molar-refractivity contribution in [3.63, 3.8) is 0 Å². The molecule has 4 heteroatoms. The molecule has 1 aromatic rings. The third-order valence-corrected chi connectivity index (χ3v) is 3.73. The number of rotatable bonds is 6. The van der Waals surface area contributed by atoms with Crippen LogP contribution >= 0.6 is 0 Å². The van der Waals surface area contributed by atoms with Gasteiger partial charge in [-0.3, -0.25) is 4.79 Å². The van der Waals surface area contributed by atoms with Crippen LogP contribution in [0.3, 0.4) is 0 Å². The summed E-state index contributed by atoms with van der Waals surface area (Å²) in [6.45, 7) is 1.14. The van der Waals surface area contributed by atoms with Crippen LogP contribution in [0.25, 0.3) is 0 Å². The Bertz CT molecular complexity index is 400. The van der Waals surface area contributed by atoms with E-state index in [1.165, 1.54) is 0 Å². The number of nitrogens with two attached hydrogens (primary N) is 1. The Morgan fingerprint density at radius 1 is 1.26 bits per heavy atom. The quantitative estimate of drug-likeness (QED) is 0.818. The monoisotopic (exact) mass is 262 g/mol. The fourth-order valence-corrected chi connectivity index (χ4v) is 2.49. The van der Waals surface area contributed by atoms with Crippen LogP contribution in [0.1, 0.15) is 31.2 Å². The molecule has 1 aliphatic rings. The van der Waals surface area contributed by atoms with Gasteiger partial charge in [-0.1, -0.05) is 43.2 Å². The maximum atomic E-state index is 11.8. The molecular weight excluding hydrogens is 240 g/mol. The molecule has 0 heterocycles. The van der Waals surface area contributed by atoms with E-state index in [4.69, 9.17) is 10.5 Å². The minimum absolute atomic E-state index is 0.0800. The van der Waals surface area contributed by atoms with E-state index >= 15 is 0 Å². The number of carbonyl (C=O) groups is 1. The summed E-state index contributed by atoms with van der Waals surface area (Å²) < 4.78 is 5.75. The van der Waals surface area contributed by atoms with Gasteiger partial charge in [-0.15, -0.1) is 0 Å². The van der Waals surface area contributed by atoms with E-state index in [0.29, 0.717) is 13.1 Å². The molecule has 104 valence electrons. The van der Waals surface area contributed by atoms with Crippen LogP contribution in [0, 0.1) is 0 Å². The first-order chi connectivity index (χ1) is 9.24. The zero-order valence-corrected chi connectivity index (χ0v) is 11.2. The number of hydrogen-bond donors (Lipinski definition) is 2. The van der Waals surface area contributed by atoms with Crippen molar-refractivity contribution in [2.45, 2.75) is 37.8 Å². The van der Waals surface area contributed by atoms with Gasteiger partial charge in [0.1, 0.15) is 6.61 Å². The van der Waals surface area contributed by atoms with Gasteiger partial charge in [0.05, 0.1) is 5.60 Å². The normalized spacial score (nSPS) is 17.3. The molecule has 0 radical (unpaired) electrons. The van der Waals surface area contributed by atoms with Crippen molar-refractivity contribution in [3.8, 4) is 0 Å². The summed E-state index contributed by atoms with van der Waals surface area (Å²) in [4.78, 5) is 11.8. The van der Waals surface area contributed by atoms with Gasteiger partial charge in [0.15, 0.2) is 0 Å². The van der Waals surface area contributed by atoms with Crippen molar-refractivity contribution in [1.82, 2.24) is 5.32 Å². The lowest BCUT2D eigenvalue weighted by Gasteiger charge is -2.27. The lowest BCUT2D eigenvalue weighted by atomic mass is 10.0. The zero-order chi connectivity index (χ0) is 13.6. The summed E-state index contributed by atoms with van der Waals surface area (Å²) in [6.07, 6.45) is 4.22. The molecule has 1 amide bonds. The van der Waals surface area contributed by atoms with Gasteiger partial charge in [0.2, 0.25) is 5.91 Å². The van der Waals surface area contributed by atoms with Crippen molar-refractivity contribution in [2.75, 3.05) is 13.2 Å². The van der Waals surface area contributed by atoms with Gasteiger partial charge in [-0.05, 0) is 18.4 Å². The predicted molar refractivity (Wildman–Crippen MR) is 74.5 cm³/mol. The van der Waals surface area contributed by atoms with E-state index in [2.05, 4.69) is 5.32 Å². The average molecular weight is 262 g/mol. The number of amides is 1. The predicted octanol–water partition coefficient (Wildman–Crippen LogP) is 1.59. The Kier molecular flexibility index (Phi) is 4.93. The molecule has 3 N–H and O–H groups in total. The Labute approximate surface area is 114 Å². The van der Waals surface area contributed by atoms with Gasteiger partial charge in [0.25, 0.3) is 0 Å². The molecule has 0 spiro atoms. The minimum Gasteiger partial charge on any atom is -0.364 e. The van der Waals surface area contributed by atoms with Gasteiger partial charge in [-0.25, -0.2) is 0 Å². The van der Waals surface area contributed by atoms with E-state index in [1.807, 2.05) is 30.3 Å². The standard InChI is InChI=1S/C15H22N2O2/c16-12-15(8-4-5-9-15)19-11-14(18)17-10-13-6-2-1-3-7-13/h1-3,6-7H,4-5,8-12,16H2,(H,17,18). The second kappa shape index (κ2) is 6.68. The summed E-state index contributed by atoms with van der Waals surface area (Å²) in [5.41, 5.74) is 6.59. The van der Waals surface area contributed by atoms with E-state index < -0.39 is 0 Å². The van der Waals surface area contributed by atoms with Crippen LogP contribution in [0.15, 0.2) is 30.3 Å². The molecule has 0 unspecified atom stereocenters. The molecule has 4 nitrogen and oxygen atoms in total. The summed E-state index contributed by atoms with van der Waals surface area (Å²) >= 11 is 0. The molecule has 1 saturated carbocycles. The van der Waals surface area contributed by atoms with Crippen LogP contribution in [-0.2, 0) is 16.1 Å². The van der Waals surface area contributed by atoms with E-state index in [1.54, 1.807) is 0 Å². The van der Waals surface area contributed by atoms with Crippen LogP contribution in [0.4, 0.5) is 0 Å². The van der Waals surface area contributed by atoms with Crippen LogP contribution < -0.4 is 11.1 Å². The van der Waals surface area contributed by atoms with Crippen LogP contribution in [0.2, 0.25) is 0 Å². The fraction of sp³-hybridized carbons (Fsp3) is 0.533. The third kappa shape index (κ3) is 4.04. The van der Waals surface area contributed by atoms with E-state index in [9.17, 15) is 4.79 Å². The maximum absolute atomic E-state index is 11.8. The molecule has 0 saturated heterocycles. The third-order valence-electron chi connectivity index (χ3n) is 3.73. The molecule has 19 heavy (non-hydrogen) atoms. The summed E-state index contributed by atoms with van der Waals surface area (Å²) in [5, 5.41) is 2.86. The first-order valence-corrected chi connectivity index (χ1v) is 6.89. The Hall–Kier alpha value is -1.39. The number of hydrogen-bond acceptors (Lipinski definition) is 3. The summed E-state index contributed by atoms with van der Waals surface area (Å²) in [7, 11) is 0. The molecule has 0 bridgehead atoms. The van der Waals surface area contributed by atoms with E-state index in [-0.39, 0.29) is 18.1 Å². The maximum Gasteiger partial charge on any atom is 0.246 e. The topological polar surface area (TPSA) is 64.3 Å². The average Bonchev–Trinajstić information content (AvgIpc) is 2.93. The highest BCUT2D eigenvalue weighted by molar-refractivity contribution is 5.77. The highest BCUT2D eigenvalue weighted by Gasteiger charge is 2.33. The molecule has 1 aliphatic carbocycles. The van der Waals surface area contributed by atoms with Gasteiger partial charge in [-0.2, -0.15) is 0 Å². The molecule has 0 aromatic heterocycles. The van der Waals surface area contributed by atoms with Crippen LogP contribution in [0.5, 0.6) is 0 Å². The van der Waals surface area contributed by atoms with Crippen molar-refractivity contribution >= 4 is 5.91 Å². The highest BCUT2D eigenvalue weighted by atomic mass is 16.5. The number of nitrogens with one attached hydrogen (secondary N) is 1. The van der Waals surface area contributed by atoms with Crippen molar-refractivity contribution in [3.05, 3.63) is 35.9 Å². The first-order valence-electron chi connectivity index (χ1n) is 6.89. The molecule has 1 aromatic carbocycles. The summed E-state index contributed by atoms with van der Waals surface area (Å²) in [6, 6.07) is 9.85. The lowest BCUT2D eigenvalue weighted by Crippen LogP contribution is -2.41. The Balaban J connectivity index is 1.72. The van der Waals surface area contributed by atoms with Crippen molar-refractivity contribution in [2.24, 2.45) is 5.73 Å². The lowest BCUT2D eigenvalue weighted by molar-refractivity contribution is -0.132. The van der Waals surface area contributed by atoms with E-state index in [0.717, 1.165) is 31.2 Å². The second-order valence-corrected chi connectivity index (χ2v) is 5.15. The van der Waals surface area contributed by atoms with Gasteiger partial charge >= 0.3 is 0 Å². The molecule has 2 rings (SSSR count). The number of carbonyl (C=O) groups excluding carboxylic acids is 1. The second-order valence-electron chi connectivity index (χ2n) is 5.15. The SMILES string of the molecule is NCC1(OCC(=O)NCc2ccccc2)CCCC1. The fourth-order valence-electron chi connectivity index (χ4n) is 2.49. The molecular formula is C15H22N2O2. The van der Waals surface area contributed by atoms with Gasteiger partial charge < -0.3 is 15.8 Å². The first kappa shape index (κ1) is 14.0. The molecule has 1 fully saturated rings. The van der Waals surface area contributed by atoms with Crippen LogP contribution in [-0.4, -0.2) is 24.7 Å². The Morgan fingerprint density at radius 3 is 2.58 bits per heavy atom. The molecule has 0 atom stereocenters.